The van der Waals surface area contributed by atoms with E-state index < -0.39 is 5.97 Å². The number of benzene rings is 5. The lowest BCUT2D eigenvalue weighted by atomic mass is 9.87. The molecule has 0 fully saturated rings. The predicted octanol–water partition coefficient (Wildman–Crippen LogP) is 5.25. The number of hydrogen-bond acceptors (Lipinski definition) is 2. The Balaban J connectivity index is 2.22. The number of fused-ring (bicyclic) bond motifs is 2. The first-order chi connectivity index (χ1) is 12.2. The maximum Gasteiger partial charge on any atom is 0.336 e. The van der Waals surface area contributed by atoms with Crippen LogP contribution in [-0.2, 0) is 0 Å². The Morgan fingerprint density at radius 3 is 1.92 bits per heavy atom. The molecule has 0 radical (unpaired) electrons. The van der Waals surface area contributed by atoms with Gasteiger partial charge in [-0.3, -0.25) is 4.79 Å². The van der Waals surface area contributed by atoms with Gasteiger partial charge in [0.05, 0.1) is 5.56 Å². The molecule has 0 aliphatic carbocycles. The van der Waals surface area contributed by atoms with E-state index in [0.717, 1.165) is 38.6 Å². The minimum Gasteiger partial charge on any atom is -0.478 e. The van der Waals surface area contributed by atoms with Crippen LogP contribution in [0.2, 0.25) is 0 Å². The molecular weight excluding hydrogens is 312 g/mol. The normalized spacial score (nSPS) is 11.7. The average Bonchev–Trinajstić information content (AvgIpc) is 2.65. The van der Waals surface area contributed by atoms with Crippen LogP contribution in [0.1, 0.15) is 20.7 Å². The molecule has 0 saturated heterocycles. The maximum absolute atomic E-state index is 11.7. The Morgan fingerprint density at radius 2 is 1.32 bits per heavy atom. The van der Waals surface area contributed by atoms with E-state index in [1.54, 1.807) is 12.1 Å². The highest BCUT2D eigenvalue weighted by atomic mass is 16.4. The summed E-state index contributed by atoms with van der Waals surface area (Å²) in [5, 5.41) is 17.4. The van der Waals surface area contributed by atoms with E-state index in [9.17, 15) is 14.7 Å². The van der Waals surface area contributed by atoms with Gasteiger partial charge in [-0.1, -0.05) is 54.6 Å². The Morgan fingerprint density at radius 1 is 0.720 bits per heavy atom. The van der Waals surface area contributed by atoms with Gasteiger partial charge in [-0.2, -0.15) is 0 Å². The largest absolute Gasteiger partial charge is 0.478 e. The fraction of sp³-hybridized carbons (Fsp3) is 0. The van der Waals surface area contributed by atoms with Crippen LogP contribution < -0.4 is 0 Å². The summed E-state index contributed by atoms with van der Waals surface area (Å²) in [7, 11) is 0. The van der Waals surface area contributed by atoms with Crippen molar-refractivity contribution in [3.63, 3.8) is 0 Å². The van der Waals surface area contributed by atoms with Crippen LogP contribution in [-0.4, -0.2) is 17.4 Å². The molecule has 1 N–H and O–H groups in total. The predicted molar refractivity (Wildman–Crippen MR) is 100.0 cm³/mol. The first kappa shape index (κ1) is 13.9. The number of carboxylic acids is 1. The molecule has 0 aliphatic rings. The van der Waals surface area contributed by atoms with Crippen molar-refractivity contribution in [2.75, 3.05) is 0 Å². The highest BCUT2D eigenvalue weighted by Crippen LogP contribution is 2.41. The van der Waals surface area contributed by atoms with Crippen LogP contribution in [0.3, 0.4) is 0 Å². The van der Waals surface area contributed by atoms with Crippen LogP contribution >= 0.6 is 0 Å². The van der Waals surface area contributed by atoms with E-state index >= 15 is 0 Å². The number of carboxylic acid groups (broad SMARTS) is 1. The second-order valence-electron chi connectivity index (χ2n) is 6.25. The molecule has 0 heterocycles. The van der Waals surface area contributed by atoms with Crippen LogP contribution in [0, 0.1) is 0 Å². The van der Waals surface area contributed by atoms with Gasteiger partial charge < -0.3 is 5.11 Å². The van der Waals surface area contributed by atoms with Crippen molar-refractivity contribution in [3.05, 3.63) is 71.8 Å². The first-order valence-corrected chi connectivity index (χ1v) is 8.01. The smallest absolute Gasteiger partial charge is 0.336 e. The van der Waals surface area contributed by atoms with Crippen molar-refractivity contribution >= 4 is 55.3 Å². The van der Waals surface area contributed by atoms with Gasteiger partial charge in [0.25, 0.3) is 0 Å². The third-order valence-corrected chi connectivity index (χ3v) is 5.04. The van der Waals surface area contributed by atoms with Crippen LogP contribution in [0.25, 0.3) is 43.1 Å². The van der Waals surface area contributed by atoms with Crippen LogP contribution in [0.5, 0.6) is 0 Å². The second kappa shape index (κ2) is 4.77. The molecule has 0 aromatic heterocycles. The van der Waals surface area contributed by atoms with E-state index in [4.69, 9.17) is 0 Å². The lowest BCUT2D eigenvalue weighted by molar-refractivity contribution is 0.0699. The fourth-order valence-electron chi connectivity index (χ4n) is 4.04. The van der Waals surface area contributed by atoms with Gasteiger partial charge in [0.1, 0.15) is 0 Å². The minimum absolute atomic E-state index is 0.161. The van der Waals surface area contributed by atoms with E-state index in [0.29, 0.717) is 10.9 Å². The monoisotopic (exact) mass is 324 g/mol. The summed E-state index contributed by atoms with van der Waals surface area (Å²) in [4.78, 5) is 23.3. The quantitative estimate of drug-likeness (QED) is 0.274. The number of aldehydes is 1. The topological polar surface area (TPSA) is 54.4 Å². The Hall–Kier alpha value is -3.46. The summed E-state index contributed by atoms with van der Waals surface area (Å²) < 4.78 is 0. The zero-order chi connectivity index (χ0) is 17.1. The molecule has 3 nitrogen and oxygen atoms in total. The summed E-state index contributed by atoms with van der Waals surface area (Å²) in [6.45, 7) is 0. The number of carbonyl (C=O) groups is 2. The molecule has 5 aromatic carbocycles. The van der Waals surface area contributed by atoms with Gasteiger partial charge in [-0.25, -0.2) is 4.79 Å². The van der Waals surface area contributed by atoms with Gasteiger partial charge in [0, 0.05) is 10.9 Å². The first-order valence-electron chi connectivity index (χ1n) is 8.01. The number of rotatable bonds is 2. The van der Waals surface area contributed by atoms with Gasteiger partial charge in [0.2, 0.25) is 0 Å². The van der Waals surface area contributed by atoms with Gasteiger partial charge in [-0.05, 0) is 43.8 Å². The van der Waals surface area contributed by atoms with Crippen molar-refractivity contribution in [1.82, 2.24) is 0 Å². The van der Waals surface area contributed by atoms with Crippen molar-refractivity contribution < 1.29 is 14.7 Å². The van der Waals surface area contributed by atoms with Crippen molar-refractivity contribution in [3.8, 4) is 0 Å². The van der Waals surface area contributed by atoms with Crippen molar-refractivity contribution in [1.29, 1.82) is 0 Å². The van der Waals surface area contributed by atoms with Gasteiger partial charge in [0.15, 0.2) is 6.29 Å². The summed E-state index contributed by atoms with van der Waals surface area (Å²) in [5.41, 5.74) is 0.568. The van der Waals surface area contributed by atoms with Gasteiger partial charge >= 0.3 is 5.97 Å². The highest BCUT2D eigenvalue weighted by Gasteiger charge is 2.19. The molecule has 3 heteroatoms. The molecular formula is C22H12O3. The molecule has 0 saturated carbocycles. The van der Waals surface area contributed by atoms with E-state index in [2.05, 4.69) is 24.3 Å². The summed E-state index contributed by atoms with van der Waals surface area (Å²) in [5.74, 6) is -1.02. The fourth-order valence-corrected chi connectivity index (χ4v) is 4.04. The molecule has 0 atom stereocenters. The zero-order valence-electron chi connectivity index (χ0n) is 13.1. The number of hydrogen-bond donors (Lipinski definition) is 1. The number of aromatic carboxylic acids is 1. The lowest BCUT2D eigenvalue weighted by Crippen LogP contribution is -2.01. The SMILES string of the molecule is O=Cc1ccc2c3cccc4cccc(c5ccc(C(=O)O)c1c25)c43. The number of carbonyl (C=O) groups excluding carboxylic acids is 1. The molecule has 0 amide bonds. The minimum atomic E-state index is -1.02. The Labute approximate surface area is 142 Å². The zero-order valence-corrected chi connectivity index (χ0v) is 13.1. The molecule has 0 aliphatic heterocycles. The third-order valence-electron chi connectivity index (χ3n) is 5.04. The lowest BCUT2D eigenvalue weighted by Gasteiger charge is -2.16. The maximum atomic E-state index is 11.7. The summed E-state index contributed by atoms with van der Waals surface area (Å²) >= 11 is 0. The molecule has 5 aromatic rings. The van der Waals surface area contributed by atoms with E-state index in [1.165, 1.54) is 5.39 Å². The Kier molecular flexibility index (Phi) is 2.66. The molecule has 118 valence electrons. The van der Waals surface area contributed by atoms with Gasteiger partial charge in [-0.15, -0.1) is 0 Å². The summed E-state index contributed by atoms with van der Waals surface area (Å²) in [6.07, 6.45) is 0.733. The second-order valence-corrected chi connectivity index (χ2v) is 6.25. The van der Waals surface area contributed by atoms with Crippen LogP contribution in [0.4, 0.5) is 0 Å². The molecule has 0 bridgehead atoms. The average molecular weight is 324 g/mol. The Bertz CT molecular complexity index is 1280. The van der Waals surface area contributed by atoms with Crippen LogP contribution in [0.15, 0.2) is 60.7 Å². The summed E-state index contributed by atoms with van der Waals surface area (Å²) in [6, 6.07) is 19.4. The highest BCUT2D eigenvalue weighted by molar-refractivity contribution is 6.35. The standard InChI is InChI=1S/C22H12O3/c23-11-13-7-8-16-14-5-1-3-12-4-2-6-15(19(12)14)17-9-10-18(22(24)25)20(13)21(16)17/h1-11H,(H,24,25). The molecule has 0 spiro atoms. The third kappa shape index (κ3) is 1.69. The van der Waals surface area contributed by atoms with E-state index in [1.807, 2.05) is 24.3 Å². The molecule has 5 rings (SSSR count). The molecule has 25 heavy (non-hydrogen) atoms. The van der Waals surface area contributed by atoms with E-state index in [-0.39, 0.29) is 5.56 Å². The van der Waals surface area contributed by atoms with Crippen molar-refractivity contribution in [2.24, 2.45) is 0 Å². The molecule has 0 unspecified atom stereocenters. The van der Waals surface area contributed by atoms with Crippen molar-refractivity contribution in [2.45, 2.75) is 0 Å².